The Bertz CT molecular complexity index is 1120. The molecule has 31 heavy (non-hydrogen) atoms. The number of aliphatic hydroxyl groups is 1. The van der Waals surface area contributed by atoms with Crippen molar-refractivity contribution in [2.45, 2.75) is 24.1 Å². The van der Waals surface area contributed by atoms with E-state index in [4.69, 9.17) is 9.84 Å². The first kappa shape index (κ1) is 23.0. The molecule has 0 aliphatic carbocycles. The monoisotopic (exact) mass is 454 g/mol. The van der Waals surface area contributed by atoms with Crippen LogP contribution in [-0.2, 0) is 27.4 Å². The average molecular weight is 454 g/mol. The Morgan fingerprint density at radius 1 is 1.06 bits per heavy atom. The van der Waals surface area contributed by atoms with Crippen molar-refractivity contribution in [3.8, 4) is 16.9 Å². The van der Waals surface area contributed by atoms with Gasteiger partial charge in [-0.15, -0.1) is 0 Å². The van der Waals surface area contributed by atoms with Gasteiger partial charge in [-0.05, 0) is 48.9 Å². The van der Waals surface area contributed by atoms with E-state index in [0.29, 0.717) is 35.7 Å². The fourth-order valence-electron chi connectivity index (χ4n) is 2.91. The number of aromatic nitrogens is 2. The smallest absolute Gasteiger partial charge is 0.396 e. The summed E-state index contributed by atoms with van der Waals surface area (Å²) >= 11 is 0. The number of alkyl halides is 3. The van der Waals surface area contributed by atoms with E-state index in [2.05, 4.69) is 5.10 Å². The van der Waals surface area contributed by atoms with Gasteiger partial charge < -0.3 is 9.84 Å². The molecule has 3 aromatic rings. The van der Waals surface area contributed by atoms with Crippen LogP contribution in [-0.4, -0.2) is 42.8 Å². The lowest BCUT2D eigenvalue weighted by Gasteiger charge is -2.10. The minimum atomic E-state index is -4.45. The molecule has 3 rings (SSSR count). The fraction of sp³-hybridized carbons (Fsp3) is 0.286. The summed E-state index contributed by atoms with van der Waals surface area (Å²) < 4.78 is 69.1. The molecule has 0 amide bonds. The molecular weight excluding hydrogens is 433 g/mol. The molecule has 6 nitrogen and oxygen atoms in total. The number of benzene rings is 2. The topological polar surface area (TPSA) is 81.4 Å². The van der Waals surface area contributed by atoms with Crippen LogP contribution in [0.25, 0.3) is 16.9 Å². The van der Waals surface area contributed by atoms with Crippen LogP contribution in [0.4, 0.5) is 13.2 Å². The molecule has 1 heterocycles. The van der Waals surface area contributed by atoms with Crippen LogP contribution in [0.15, 0.2) is 59.5 Å². The van der Waals surface area contributed by atoms with Crippen LogP contribution in [0.2, 0.25) is 0 Å². The SMILES string of the molecule is CS(=O)(=O)c1ccc(-c2cc(COCCCO)nn2-c2ccc(C(F)(F)F)cc2)cc1. The van der Waals surface area contributed by atoms with Gasteiger partial charge in [0.2, 0.25) is 0 Å². The normalized spacial score (nSPS) is 12.3. The van der Waals surface area contributed by atoms with Crippen molar-refractivity contribution in [1.82, 2.24) is 9.78 Å². The largest absolute Gasteiger partial charge is 0.416 e. The van der Waals surface area contributed by atoms with E-state index in [9.17, 15) is 21.6 Å². The number of aliphatic hydroxyl groups excluding tert-OH is 1. The van der Waals surface area contributed by atoms with Crippen molar-refractivity contribution in [1.29, 1.82) is 0 Å². The highest BCUT2D eigenvalue weighted by Crippen LogP contribution is 2.31. The second-order valence-corrected chi connectivity index (χ2v) is 8.92. The summed E-state index contributed by atoms with van der Waals surface area (Å²) in [5.74, 6) is 0. The Morgan fingerprint density at radius 3 is 2.26 bits per heavy atom. The Balaban J connectivity index is 1.99. The maximum absolute atomic E-state index is 12.9. The van der Waals surface area contributed by atoms with Gasteiger partial charge in [-0.2, -0.15) is 18.3 Å². The molecule has 166 valence electrons. The van der Waals surface area contributed by atoms with Gasteiger partial charge in [0.1, 0.15) is 0 Å². The Labute approximate surface area is 177 Å². The van der Waals surface area contributed by atoms with Crippen molar-refractivity contribution in [3.63, 3.8) is 0 Å². The van der Waals surface area contributed by atoms with Gasteiger partial charge in [-0.1, -0.05) is 12.1 Å². The van der Waals surface area contributed by atoms with Crippen molar-refractivity contribution in [2.24, 2.45) is 0 Å². The standard InChI is InChI=1S/C21H21F3N2O4S/c1-31(28,29)19-9-3-15(4-10-19)20-13-17(14-30-12-2-11-27)25-26(20)18-7-5-16(6-8-18)21(22,23)24/h3-10,13,27H,2,11-12,14H2,1H3. The van der Waals surface area contributed by atoms with Crippen molar-refractivity contribution >= 4 is 9.84 Å². The molecule has 0 radical (unpaired) electrons. The van der Waals surface area contributed by atoms with E-state index >= 15 is 0 Å². The van der Waals surface area contributed by atoms with Gasteiger partial charge in [0.15, 0.2) is 9.84 Å². The summed E-state index contributed by atoms with van der Waals surface area (Å²) in [6.07, 6.45) is -2.87. The number of hydrogen-bond acceptors (Lipinski definition) is 5. The lowest BCUT2D eigenvalue weighted by atomic mass is 10.1. The highest BCUT2D eigenvalue weighted by atomic mass is 32.2. The van der Waals surface area contributed by atoms with Crippen molar-refractivity contribution in [2.75, 3.05) is 19.5 Å². The first-order valence-electron chi connectivity index (χ1n) is 9.35. The van der Waals surface area contributed by atoms with E-state index in [0.717, 1.165) is 18.4 Å². The second kappa shape index (κ2) is 9.21. The van der Waals surface area contributed by atoms with Crippen molar-refractivity contribution < 1.29 is 31.4 Å². The molecule has 1 N–H and O–H groups in total. The third-order valence-corrected chi connectivity index (χ3v) is 5.60. The number of hydrogen-bond donors (Lipinski definition) is 1. The number of sulfone groups is 1. The molecule has 0 saturated heterocycles. The Kier molecular flexibility index (Phi) is 6.83. The van der Waals surface area contributed by atoms with E-state index < -0.39 is 21.6 Å². The number of halogens is 3. The maximum atomic E-state index is 12.9. The maximum Gasteiger partial charge on any atom is 0.416 e. The van der Waals surface area contributed by atoms with Crippen molar-refractivity contribution in [3.05, 3.63) is 65.9 Å². The van der Waals surface area contributed by atoms with Gasteiger partial charge in [0.25, 0.3) is 0 Å². The van der Waals surface area contributed by atoms with Crippen LogP contribution in [0.3, 0.4) is 0 Å². The third-order valence-electron chi connectivity index (χ3n) is 4.47. The Morgan fingerprint density at radius 2 is 1.71 bits per heavy atom. The van der Waals surface area contributed by atoms with Gasteiger partial charge in [-0.25, -0.2) is 13.1 Å². The summed E-state index contributed by atoms with van der Waals surface area (Å²) in [4.78, 5) is 0.157. The third kappa shape index (κ3) is 5.72. The molecule has 0 unspecified atom stereocenters. The molecule has 1 aromatic heterocycles. The summed E-state index contributed by atoms with van der Waals surface area (Å²) in [6, 6.07) is 12.5. The number of rotatable bonds is 8. The lowest BCUT2D eigenvalue weighted by Crippen LogP contribution is -2.06. The minimum absolute atomic E-state index is 0.00205. The zero-order valence-electron chi connectivity index (χ0n) is 16.6. The number of ether oxygens (including phenoxy) is 1. The minimum Gasteiger partial charge on any atom is -0.396 e. The first-order chi connectivity index (χ1) is 14.6. The summed E-state index contributed by atoms with van der Waals surface area (Å²) in [6.45, 7) is 0.488. The van der Waals surface area contributed by atoms with Gasteiger partial charge >= 0.3 is 6.18 Å². The highest BCUT2D eigenvalue weighted by molar-refractivity contribution is 7.90. The van der Waals surface area contributed by atoms with E-state index in [1.165, 1.54) is 28.9 Å². The molecule has 0 fully saturated rings. The van der Waals surface area contributed by atoms with Gasteiger partial charge in [0.05, 0.1) is 34.1 Å². The summed E-state index contributed by atoms with van der Waals surface area (Å²) in [5.41, 5.74) is 1.40. The second-order valence-electron chi connectivity index (χ2n) is 6.90. The predicted octanol–water partition coefficient (Wildman–Crippen LogP) is 3.86. The molecule has 0 atom stereocenters. The molecule has 0 aliphatic heterocycles. The zero-order valence-corrected chi connectivity index (χ0v) is 17.4. The molecule has 0 bridgehead atoms. The molecule has 10 heteroatoms. The molecular formula is C21H21F3N2O4S. The number of nitrogens with zero attached hydrogens (tertiary/aromatic N) is 2. The quantitative estimate of drug-likeness (QED) is 0.523. The fourth-order valence-corrected chi connectivity index (χ4v) is 3.54. The van der Waals surface area contributed by atoms with Crippen LogP contribution in [0, 0.1) is 0 Å². The lowest BCUT2D eigenvalue weighted by molar-refractivity contribution is -0.137. The molecule has 2 aromatic carbocycles. The summed E-state index contributed by atoms with van der Waals surface area (Å²) in [7, 11) is -3.36. The van der Waals surface area contributed by atoms with Crippen LogP contribution in [0.5, 0.6) is 0 Å². The summed E-state index contributed by atoms with van der Waals surface area (Å²) in [5, 5.41) is 13.3. The Hall–Kier alpha value is -2.69. The molecule has 0 spiro atoms. The highest BCUT2D eigenvalue weighted by Gasteiger charge is 2.30. The average Bonchev–Trinajstić information content (AvgIpc) is 3.14. The van der Waals surface area contributed by atoms with E-state index in [-0.39, 0.29) is 18.1 Å². The zero-order chi connectivity index (χ0) is 22.6. The van der Waals surface area contributed by atoms with E-state index in [1.54, 1.807) is 18.2 Å². The van der Waals surface area contributed by atoms with Crippen LogP contribution >= 0.6 is 0 Å². The van der Waals surface area contributed by atoms with Gasteiger partial charge in [0, 0.05) is 25.0 Å². The first-order valence-corrected chi connectivity index (χ1v) is 11.2. The molecule has 0 aliphatic rings. The van der Waals surface area contributed by atoms with E-state index in [1.807, 2.05) is 0 Å². The van der Waals surface area contributed by atoms with Crippen LogP contribution < -0.4 is 0 Å². The molecule has 0 saturated carbocycles. The van der Waals surface area contributed by atoms with Crippen LogP contribution in [0.1, 0.15) is 17.7 Å². The van der Waals surface area contributed by atoms with Gasteiger partial charge in [-0.3, -0.25) is 0 Å². The predicted molar refractivity (Wildman–Crippen MR) is 108 cm³/mol.